The van der Waals surface area contributed by atoms with Gasteiger partial charge in [-0.15, -0.1) is 10.2 Å². The van der Waals surface area contributed by atoms with Gasteiger partial charge in [-0.3, -0.25) is 4.72 Å². The number of nitrogen functional groups attached to an aromatic ring is 1. The van der Waals surface area contributed by atoms with Crippen molar-refractivity contribution in [2.75, 3.05) is 49.6 Å². The molecule has 1 aromatic carbocycles. The van der Waals surface area contributed by atoms with E-state index in [0.29, 0.717) is 17.2 Å². The van der Waals surface area contributed by atoms with E-state index in [4.69, 9.17) is 10.5 Å². The van der Waals surface area contributed by atoms with Crippen molar-refractivity contribution in [2.45, 2.75) is 32.1 Å². The number of nitrogens with zero attached hydrogens (tertiary/aromatic N) is 3. The van der Waals surface area contributed by atoms with Crippen LogP contribution in [0, 0.1) is 17.8 Å². The molecule has 2 aromatic rings. The number of rotatable bonds is 5. The number of hydrogen-bond donors (Lipinski definition) is 2. The molecule has 0 unspecified atom stereocenters. The summed E-state index contributed by atoms with van der Waals surface area (Å²) in [4.78, 5) is 2.74. The fourth-order valence-corrected chi connectivity index (χ4v) is 5.78. The summed E-state index contributed by atoms with van der Waals surface area (Å²) in [7, 11) is -3.29. The smallest absolute Gasteiger partial charge is 0.229 e. The number of benzene rings is 1. The van der Waals surface area contributed by atoms with Crippen molar-refractivity contribution in [1.82, 2.24) is 15.1 Å². The van der Waals surface area contributed by atoms with E-state index in [1.54, 1.807) is 30.3 Å². The van der Waals surface area contributed by atoms with Gasteiger partial charge in [0.05, 0.1) is 11.9 Å². The molecule has 9 heteroatoms. The van der Waals surface area contributed by atoms with Crippen LogP contribution in [0.4, 0.5) is 11.5 Å². The largest absolute Gasteiger partial charge is 0.382 e. The van der Waals surface area contributed by atoms with Crippen LogP contribution in [0.2, 0.25) is 0 Å². The predicted octanol–water partition coefficient (Wildman–Crippen LogP) is 3.24. The molecule has 1 aliphatic carbocycles. The second kappa shape index (κ2) is 10.8. The van der Waals surface area contributed by atoms with E-state index in [1.807, 2.05) is 6.07 Å². The number of fused-ring (bicyclic) bond motifs is 1. The maximum Gasteiger partial charge on any atom is 0.229 e. The quantitative estimate of drug-likeness (QED) is 0.686. The number of likely N-dealkylation sites (tertiary alicyclic amines) is 1. The fraction of sp³-hybridized carbons (Fsp3) is 0.583. The maximum absolute atomic E-state index is 11.1. The minimum Gasteiger partial charge on any atom is -0.382 e. The van der Waals surface area contributed by atoms with Gasteiger partial charge in [0.2, 0.25) is 10.0 Å². The van der Waals surface area contributed by atoms with Crippen LogP contribution in [0.15, 0.2) is 36.4 Å². The Balaban J connectivity index is 0.000000159. The Hall–Kier alpha value is -2.23. The highest BCUT2D eigenvalue weighted by Crippen LogP contribution is 2.38. The molecule has 1 aromatic heterocycles. The van der Waals surface area contributed by atoms with Crippen LogP contribution in [0.25, 0.3) is 11.3 Å². The van der Waals surface area contributed by atoms with Gasteiger partial charge in [0.15, 0.2) is 0 Å². The fourth-order valence-electron chi connectivity index (χ4n) is 5.23. The topological polar surface area (TPSA) is 110 Å². The summed E-state index contributed by atoms with van der Waals surface area (Å²) in [5.41, 5.74) is 7.32. The van der Waals surface area contributed by atoms with E-state index in [9.17, 15) is 8.42 Å². The molecule has 2 aliphatic heterocycles. The van der Waals surface area contributed by atoms with Gasteiger partial charge >= 0.3 is 0 Å². The first-order valence-electron chi connectivity index (χ1n) is 11.8. The third kappa shape index (κ3) is 7.12. The average molecular weight is 474 g/mol. The zero-order valence-electron chi connectivity index (χ0n) is 19.3. The van der Waals surface area contributed by atoms with Crippen LogP contribution in [0.3, 0.4) is 0 Å². The van der Waals surface area contributed by atoms with E-state index >= 15 is 0 Å². The van der Waals surface area contributed by atoms with Gasteiger partial charge in [0.25, 0.3) is 0 Å². The minimum atomic E-state index is -3.29. The van der Waals surface area contributed by atoms with Gasteiger partial charge in [-0.25, -0.2) is 8.42 Å². The number of aromatic nitrogens is 2. The van der Waals surface area contributed by atoms with Crippen LogP contribution in [0.5, 0.6) is 0 Å². The van der Waals surface area contributed by atoms with E-state index in [1.165, 1.54) is 51.7 Å². The molecular weight excluding hydrogens is 438 g/mol. The maximum atomic E-state index is 11.1. The Morgan fingerprint density at radius 1 is 1.06 bits per heavy atom. The van der Waals surface area contributed by atoms with Gasteiger partial charge in [0, 0.05) is 44.1 Å². The first-order valence-corrected chi connectivity index (χ1v) is 13.7. The monoisotopic (exact) mass is 473 g/mol. The molecule has 1 saturated carbocycles. The molecule has 2 atom stereocenters. The Bertz CT molecular complexity index is 997. The highest BCUT2D eigenvalue weighted by Gasteiger charge is 2.36. The summed E-state index contributed by atoms with van der Waals surface area (Å²) in [6.07, 6.45) is 8.21. The van der Waals surface area contributed by atoms with Crippen molar-refractivity contribution in [3.05, 3.63) is 36.4 Å². The number of nitrogens with two attached hydrogens (primary N) is 1. The third-order valence-corrected chi connectivity index (χ3v) is 7.41. The molecule has 33 heavy (non-hydrogen) atoms. The van der Waals surface area contributed by atoms with Crippen LogP contribution in [0.1, 0.15) is 32.1 Å². The molecule has 3 heterocycles. The van der Waals surface area contributed by atoms with Crippen LogP contribution in [-0.2, 0) is 14.8 Å². The lowest BCUT2D eigenvalue weighted by Crippen LogP contribution is -2.31. The lowest BCUT2D eigenvalue weighted by atomic mass is 10.00. The highest BCUT2D eigenvalue weighted by atomic mass is 32.2. The number of hydrogen-bond acceptors (Lipinski definition) is 7. The lowest BCUT2D eigenvalue weighted by Gasteiger charge is -2.27. The van der Waals surface area contributed by atoms with E-state index in [0.717, 1.165) is 42.8 Å². The minimum absolute atomic E-state index is 0.337. The van der Waals surface area contributed by atoms with Crippen LogP contribution >= 0.6 is 0 Å². The summed E-state index contributed by atoms with van der Waals surface area (Å²) in [5.74, 6) is 3.39. The molecule has 3 aliphatic rings. The number of sulfonamides is 1. The molecule has 0 amide bonds. The van der Waals surface area contributed by atoms with Gasteiger partial charge in [-0.2, -0.15) is 0 Å². The van der Waals surface area contributed by atoms with E-state index in [2.05, 4.69) is 19.8 Å². The van der Waals surface area contributed by atoms with Gasteiger partial charge in [-0.1, -0.05) is 18.6 Å². The first-order chi connectivity index (χ1) is 15.9. The van der Waals surface area contributed by atoms with Crippen molar-refractivity contribution in [3.63, 3.8) is 0 Å². The molecule has 0 bridgehead atoms. The Labute approximate surface area is 197 Å². The second-order valence-electron chi connectivity index (χ2n) is 9.52. The molecule has 3 fully saturated rings. The standard InChI is InChI=1S/C13H23NO.C11H12N4O2S/c1-2-12-9-14(10-13(12)3-1)8-11-4-6-15-7-5-11;1-18(16,17)15-9-4-2-3-8(7-9)10-5-6-11(12)14-13-10/h11-13H,1-10H2;2-7,15H,1H3,(H2,12,14)/t12-,13+;. The summed E-state index contributed by atoms with van der Waals surface area (Å²) in [6, 6.07) is 10.3. The molecule has 3 N–H and O–H groups in total. The zero-order chi connectivity index (χ0) is 23.3. The van der Waals surface area contributed by atoms with Crippen LogP contribution < -0.4 is 10.5 Å². The molecule has 0 radical (unpaired) electrons. The summed E-state index contributed by atoms with van der Waals surface area (Å²) in [6.45, 7) is 6.18. The Kier molecular flexibility index (Phi) is 7.82. The Morgan fingerprint density at radius 3 is 2.42 bits per heavy atom. The van der Waals surface area contributed by atoms with E-state index in [-0.39, 0.29) is 0 Å². The van der Waals surface area contributed by atoms with Gasteiger partial charge in [0.1, 0.15) is 5.82 Å². The SMILES string of the molecule is C1C[C@@H]2CN(CC3CCOCC3)C[C@@H]2C1.CS(=O)(=O)Nc1cccc(-c2ccc(N)nn2)c1. The first kappa shape index (κ1) is 23.9. The molecular formula is C24H35N5O3S. The third-order valence-electron chi connectivity index (χ3n) is 6.81. The van der Waals surface area contributed by atoms with Crippen molar-refractivity contribution in [3.8, 4) is 11.3 Å². The second-order valence-corrected chi connectivity index (χ2v) is 11.3. The van der Waals surface area contributed by atoms with Gasteiger partial charge < -0.3 is 15.4 Å². The zero-order valence-corrected chi connectivity index (χ0v) is 20.1. The normalized spacial score (nSPS) is 23.5. The summed E-state index contributed by atoms with van der Waals surface area (Å²) >= 11 is 0. The number of ether oxygens (including phenoxy) is 1. The molecule has 5 rings (SSSR count). The predicted molar refractivity (Wildman–Crippen MR) is 131 cm³/mol. The van der Waals surface area contributed by atoms with Crippen molar-refractivity contribution >= 4 is 21.5 Å². The van der Waals surface area contributed by atoms with Gasteiger partial charge in [-0.05, 0) is 67.7 Å². The lowest BCUT2D eigenvalue weighted by molar-refractivity contribution is 0.0546. The Morgan fingerprint density at radius 2 is 1.79 bits per heavy atom. The number of anilines is 2. The number of nitrogens with one attached hydrogen (secondary N) is 1. The van der Waals surface area contributed by atoms with E-state index < -0.39 is 10.0 Å². The molecule has 0 spiro atoms. The van der Waals surface area contributed by atoms with Crippen LogP contribution in [-0.4, -0.2) is 62.6 Å². The summed E-state index contributed by atoms with van der Waals surface area (Å²) < 4.78 is 30.1. The highest BCUT2D eigenvalue weighted by molar-refractivity contribution is 7.92. The molecule has 2 saturated heterocycles. The van der Waals surface area contributed by atoms with Crippen molar-refractivity contribution in [2.24, 2.45) is 17.8 Å². The van der Waals surface area contributed by atoms with Crippen molar-refractivity contribution in [1.29, 1.82) is 0 Å². The van der Waals surface area contributed by atoms with Crippen molar-refractivity contribution < 1.29 is 13.2 Å². The molecule has 8 nitrogen and oxygen atoms in total. The summed E-state index contributed by atoms with van der Waals surface area (Å²) in [5, 5.41) is 7.68. The average Bonchev–Trinajstić information content (AvgIpc) is 3.36. The molecule has 180 valence electrons.